The minimum Gasteiger partial charge on any atom is -0.477 e. The summed E-state index contributed by atoms with van der Waals surface area (Å²) in [5.41, 5.74) is 0. The number of thioether (sulfide) groups is 1. The number of rotatable bonds is 6. The molecule has 1 saturated heterocycles. The van der Waals surface area contributed by atoms with E-state index in [-0.39, 0.29) is 12.0 Å². The normalized spacial score (nSPS) is 29.2. The molecule has 3 unspecified atom stereocenters. The number of hydrogen-bond donors (Lipinski definition) is 1. The van der Waals surface area contributed by atoms with Crippen LogP contribution in [-0.2, 0) is 14.3 Å². The average Bonchev–Trinajstić information content (AvgIpc) is 2.46. The molecule has 0 saturated carbocycles. The molecular formula is C16H22O4S. The van der Waals surface area contributed by atoms with E-state index in [1.54, 1.807) is 0 Å². The van der Waals surface area contributed by atoms with Gasteiger partial charge in [0.05, 0.1) is 12.7 Å². The summed E-state index contributed by atoms with van der Waals surface area (Å²) in [6.07, 6.45) is 1.95. The van der Waals surface area contributed by atoms with E-state index in [4.69, 9.17) is 14.6 Å². The lowest BCUT2D eigenvalue weighted by Crippen LogP contribution is -2.51. The molecule has 5 heteroatoms. The van der Waals surface area contributed by atoms with Crippen molar-refractivity contribution in [2.24, 2.45) is 5.92 Å². The van der Waals surface area contributed by atoms with Crippen molar-refractivity contribution in [3.05, 3.63) is 30.3 Å². The maximum atomic E-state index is 11.1. The van der Waals surface area contributed by atoms with Gasteiger partial charge in [-0.1, -0.05) is 18.2 Å². The van der Waals surface area contributed by atoms with Crippen LogP contribution in [0.15, 0.2) is 35.2 Å². The first kappa shape index (κ1) is 16.3. The Morgan fingerprint density at radius 1 is 1.43 bits per heavy atom. The predicted molar refractivity (Wildman–Crippen MR) is 82.4 cm³/mol. The highest BCUT2D eigenvalue weighted by molar-refractivity contribution is 7.99. The number of hydrogen-bond acceptors (Lipinski definition) is 4. The highest BCUT2D eigenvalue weighted by Crippen LogP contribution is 2.30. The van der Waals surface area contributed by atoms with Gasteiger partial charge in [0.1, 0.15) is 0 Å². The van der Waals surface area contributed by atoms with Gasteiger partial charge in [-0.3, -0.25) is 0 Å². The lowest BCUT2D eigenvalue weighted by atomic mass is 9.97. The van der Waals surface area contributed by atoms with Gasteiger partial charge in [0.15, 0.2) is 0 Å². The number of ether oxygens (including phenoxy) is 2. The molecule has 0 aliphatic carbocycles. The van der Waals surface area contributed by atoms with Crippen LogP contribution >= 0.6 is 11.8 Å². The molecule has 1 fully saturated rings. The number of carboxylic acid groups (broad SMARTS) is 1. The van der Waals surface area contributed by atoms with Gasteiger partial charge < -0.3 is 14.6 Å². The van der Waals surface area contributed by atoms with Crippen molar-refractivity contribution in [1.29, 1.82) is 0 Å². The number of carbonyl (C=O) groups is 1. The van der Waals surface area contributed by atoms with Crippen LogP contribution in [0.2, 0.25) is 0 Å². The van der Waals surface area contributed by atoms with Gasteiger partial charge >= 0.3 is 5.97 Å². The first-order valence-electron chi connectivity index (χ1n) is 7.24. The van der Waals surface area contributed by atoms with Gasteiger partial charge in [-0.15, -0.1) is 11.8 Å². The molecule has 0 bridgehead atoms. The Kier molecular flexibility index (Phi) is 5.67. The van der Waals surface area contributed by atoms with Gasteiger partial charge in [0.25, 0.3) is 5.79 Å². The minimum absolute atomic E-state index is 0.0958. The zero-order valence-electron chi connectivity index (χ0n) is 12.5. The lowest BCUT2D eigenvalue weighted by Gasteiger charge is -2.39. The first-order chi connectivity index (χ1) is 10.0. The Morgan fingerprint density at radius 3 is 2.76 bits per heavy atom. The minimum atomic E-state index is -1.49. The predicted octanol–water partition coefficient (Wildman–Crippen LogP) is 3.41. The van der Waals surface area contributed by atoms with E-state index in [1.165, 1.54) is 11.8 Å². The van der Waals surface area contributed by atoms with Crippen LogP contribution in [0, 0.1) is 5.92 Å². The van der Waals surface area contributed by atoms with E-state index in [0.29, 0.717) is 6.61 Å². The molecule has 116 valence electrons. The van der Waals surface area contributed by atoms with Gasteiger partial charge in [0.2, 0.25) is 0 Å². The van der Waals surface area contributed by atoms with Gasteiger partial charge in [-0.2, -0.15) is 0 Å². The topological polar surface area (TPSA) is 55.8 Å². The highest BCUT2D eigenvalue weighted by Gasteiger charge is 2.43. The number of aliphatic carboxylic acids is 1. The molecule has 2 rings (SSSR count). The molecule has 3 atom stereocenters. The Balaban J connectivity index is 1.71. The van der Waals surface area contributed by atoms with Crippen molar-refractivity contribution in [3.8, 4) is 0 Å². The van der Waals surface area contributed by atoms with E-state index in [0.717, 1.165) is 18.6 Å². The maximum absolute atomic E-state index is 11.1. The summed E-state index contributed by atoms with van der Waals surface area (Å²) in [7, 11) is 0. The summed E-state index contributed by atoms with van der Waals surface area (Å²) in [6, 6.07) is 10.3. The van der Waals surface area contributed by atoms with E-state index in [2.05, 4.69) is 12.1 Å². The van der Waals surface area contributed by atoms with E-state index in [9.17, 15) is 4.79 Å². The second-order valence-corrected chi connectivity index (χ2v) is 6.62. The van der Waals surface area contributed by atoms with Gasteiger partial charge in [-0.25, -0.2) is 4.79 Å². The molecule has 4 nitrogen and oxygen atoms in total. The number of carboxylic acids is 1. The standard InChI is InChI=1S/C16H22O4S/c1-12-13(11-19-16(2,20-12)15(17)18)7-6-10-21-14-8-4-3-5-9-14/h3-5,8-9,12-13H,6-7,10-11H2,1-2H3,(H,17,18). The third-order valence-electron chi connectivity index (χ3n) is 3.77. The average molecular weight is 310 g/mol. The fourth-order valence-electron chi connectivity index (χ4n) is 2.37. The van der Waals surface area contributed by atoms with Crippen LogP contribution in [0.3, 0.4) is 0 Å². The summed E-state index contributed by atoms with van der Waals surface area (Å²) < 4.78 is 10.9. The van der Waals surface area contributed by atoms with E-state index >= 15 is 0 Å². The van der Waals surface area contributed by atoms with Crippen molar-refractivity contribution < 1.29 is 19.4 Å². The molecule has 21 heavy (non-hydrogen) atoms. The molecule has 1 aliphatic rings. The lowest BCUT2D eigenvalue weighted by molar-refractivity contribution is -0.292. The summed E-state index contributed by atoms with van der Waals surface area (Å²) in [4.78, 5) is 12.4. The van der Waals surface area contributed by atoms with Crippen LogP contribution in [0.4, 0.5) is 0 Å². The second kappa shape index (κ2) is 7.29. The molecule has 0 aromatic heterocycles. The quantitative estimate of drug-likeness (QED) is 0.644. The molecule has 1 heterocycles. The van der Waals surface area contributed by atoms with Crippen molar-refractivity contribution in [3.63, 3.8) is 0 Å². The summed E-state index contributed by atoms with van der Waals surface area (Å²) in [5.74, 6) is -1.25. The molecule has 1 N–H and O–H groups in total. The van der Waals surface area contributed by atoms with Crippen LogP contribution < -0.4 is 0 Å². The molecule has 1 aromatic carbocycles. The van der Waals surface area contributed by atoms with Crippen molar-refractivity contribution in [2.75, 3.05) is 12.4 Å². The van der Waals surface area contributed by atoms with Gasteiger partial charge in [0, 0.05) is 17.7 Å². The SMILES string of the molecule is CC1OC(C)(C(=O)O)OCC1CCCSc1ccccc1. The zero-order valence-corrected chi connectivity index (χ0v) is 13.3. The van der Waals surface area contributed by atoms with Gasteiger partial charge in [-0.05, 0) is 37.7 Å². The molecule has 1 aliphatic heterocycles. The van der Waals surface area contributed by atoms with Crippen molar-refractivity contribution >= 4 is 17.7 Å². The highest BCUT2D eigenvalue weighted by atomic mass is 32.2. The van der Waals surface area contributed by atoms with E-state index < -0.39 is 11.8 Å². The maximum Gasteiger partial charge on any atom is 0.364 e. The molecule has 0 spiro atoms. The Hall–Kier alpha value is -1.04. The monoisotopic (exact) mass is 310 g/mol. The van der Waals surface area contributed by atoms with E-state index in [1.807, 2.05) is 36.9 Å². The fourth-order valence-corrected chi connectivity index (χ4v) is 3.27. The van der Waals surface area contributed by atoms with Crippen molar-refractivity contribution in [1.82, 2.24) is 0 Å². The van der Waals surface area contributed by atoms with Crippen molar-refractivity contribution in [2.45, 2.75) is 43.5 Å². The Labute approximate surface area is 129 Å². The molecule has 0 radical (unpaired) electrons. The zero-order chi connectivity index (χ0) is 15.3. The second-order valence-electron chi connectivity index (χ2n) is 5.45. The number of benzene rings is 1. The fraction of sp³-hybridized carbons (Fsp3) is 0.562. The molecule has 1 aromatic rings. The van der Waals surface area contributed by atoms with Crippen LogP contribution in [0.25, 0.3) is 0 Å². The summed E-state index contributed by atoms with van der Waals surface area (Å²) >= 11 is 1.84. The largest absolute Gasteiger partial charge is 0.477 e. The molecular weight excluding hydrogens is 288 g/mol. The Morgan fingerprint density at radius 2 is 2.14 bits per heavy atom. The molecule has 0 amide bonds. The summed E-state index contributed by atoms with van der Waals surface area (Å²) in [6.45, 7) is 3.84. The third-order valence-corrected chi connectivity index (χ3v) is 4.87. The van der Waals surface area contributed by atoms with Crippen LogP contribution in [0.5, 0.6) is 0 Å². The van der Waals surface area contributed by atoms with Crippen LogP contribution in [0.1, 0.15) is 26.7 Å². The first-order valence-corrected chi connectivity index (χ1v) is 8.23. The Bertz CT molecular complexity index is 465. The summed E-state index contributed by atoms with van der Waals surface area (Å²) in [5, 5.41) is 9.09. The smallest absolute Gasteiger partial charge is 0.364 e. The van der Waals surface area contributed by atoms with Crippen LogP contribution in [-0.4, -0.2) is 35.3 Å². The third kappa shape index (κ3) is 4.46.